The normalized spacial score (nSPS) is 19.2. The maximum absolute atomic E-state index is 6.51. The first-order chi connectivity index (χ1) is 16.1. The number of hydrogen-bond donors (Lipinski definition) is 3. The topological polar surface area (TPSA) is 88.8 Å². The number of nitrogens with one attached hydrogen (secondary N) is 2. The van der Waals surface area contributed by atoms with Crippen molar-refractivity contribution in [1.29, 1.82) is 0 Å². The van der Waals surface area contributed by atoms with Gasteiger partial charge in [-0.3, -0.25) is 9.97 Å². The summed E-state index contributed by atoms with van der Waals surface area (Å²) in [6.07, 6.45) is 10.3. The Hall–Kier alpha value is -2.54. The molecule has 174 valence electrons. The van der Waals surface area contributed by atoms with Crippen molar-refractivity contribution < 1.29 is 0 Å². The largest absolute Gasteiger partial charge is 0.366 e. The van der Waals surface area contributed by atoms with Gasteiger partial charge in [0.25, 0.3) is 0 Å². The zero-order valence-electron chi connectivity index (χ0n) is 19.2. The van der Waals surface area contributed by atoms with Crippen LogP contribution in [0.5, 0.6) is 0 Å². The van der Waals surface area contributed by atoms with Gasteiger partial charge in [-0.1, -0.05) is 17.7 Å². The van der Waals surface area contributed by atoms with Gasteiger partial charge in [-0.2, -0.15) is 0 Å². The molecule has 0 amide bonds. The summed E-state index contributed by atoms with van der Waals surface area (Å²) in [5.41, 5.74) is 9.68. The lowest BCUT2D eigenvalue weighted by Crippen LogP contribution is -2.36. The van der Waals surface area contributed by atoms with Gasteiger partial charge in [-0.05, 0) is 86.9 Å². The third-order valence-electron chi connectivity index (χ3n) is 6.70. The molecule has 0 radical (unpaired) electrons. The van der Waals surface area contributed by atoms with Crippen LogP contribution in [0.15, 0.2) is 55.0 Å². The molecule has 7 heteroatoms. The minimum Gasteiger partial charge on any atom is -0.366 e. The first-order valence-electron chi connectivity index (χ1n) is 11.8. The van der Waals surface area contributed by atoms with Crippen molar-refractivity contribution >= 4 is 17.4 Å². The van der Waals surface area contributed by atoms with Crippen LogP contribution >= 0.6 is 11.6 Å². The summed E-state index contributed by atoms with van der Waals surface area (Å²) in [6, 6.07) is 12.4. The fourth-order valence-corrected chi connectivity index (χ4v) is 4.71. The maximum Gasteiger partial charge on any atom is 0.126 e. The molecule has 1 saturated carbocycles. The average molecular weight is 465 g/mol. The Bertz CT molecular complexity index is 1020. The van der Waals surface area contributed by atoms with E-state index < -0.39 is 0 Å². The third-order valence-corrected chi connectivity index (χ3v) is 7.00. The monoisotopic (exact) mass is 464 g/mol. The van der Waals surface area contributed by atoms with Crippen LogP contribution in [0.3, 0.4) is 0 Å². The Morgan fingerprint density at radius 3 is 2.64 bits per heavy atom. The van der Waals surface area contributed by atoms with Crippen LogP contribution in [0.1, 0.15) is 43.9 Å². The fourth-order valence-electron chi connectivity index (χ4n) is 4.51. The molecule has 33 heavy (non-hydrogen) atoms. The van der Waals surface area contributed by atoms with E-state index in [1.54, 1.807) is 18.6 Å². The second kappa shape index (κ2) is 11.5. The third kappa shape index (κ3) is 6.50. The van der Waals surface area contributed by atoms with Crippen molar-refractivity contribution in [3.8, 4) is 11.3 Å². The van der Waals surface area contributed by atoms with Gasteiger partial charge in [0.1, 0.15) is 5.82 Å². The number of nitrogens with zero attached hydrogens (tertiary/aromatic N) is 3. The maximum atomic E-state index is 6.51. The predicted molar refractivity (Wildman–Crippen MR) is 135 cm³/mol. The Morgan fingerprint density at radius 2 is 1.88 bits per heavy atom. The minimum atomic E-state index is 0.448. The van der Waals surface area contributed by atoms with Crippen LogP contribution in [0.2, 0.25) is 5.02 Å². The van der Waals surface area contributed by atoms with E-state index in [9.17, 15) is 0 Å². The van der Waals surface area contributed by atoms with E-state index in [0.29, 0.717) is 36.0 Å². The van der Waals surface area contributed by atoms with Crippen molar-refractivity contribution in [3.05, 3.63) is 71.3 Å². The Kier molecular flexibility index (Phi) is 8.26. The van der Waals surface area contributed by atoms with Crippen LogP contribution in [0.4, 0.5) is 5.82 Å². The highest BCUT2D eigenvalue weighted by atomic mass is 35.5. The molecule has 1 atom stereocenters. The molecule has 3 aromatic rings. The molecule has 3 heterocycles. The van der Waals surface area contributed by atoms with Gasteiger partial charge in [0.05, 0.1) is 16.4 Å². The van der Waals surface area contributed by atoms with Gasteiger partial charge in [-0.25, -0.2) is 4.98 Å². The molecule has 0 bridgehead atoms. The molecular formula is C26H33ClN6. The molecule has 0 aromatic carbocycles. The SMILES string of the molecule is CC(NCc1cc(-c2cccc(NCc3ccncc3)n2)c(Cl)cn1)C1CCC(CN)CC1. The second-order valence-corrected chi connectivity index (χ2v) is 9.37. The van der Waals surface area contributed by atoms with Crippen molar-refractivity contribution in [1.82, 2.24) is 20.3 Å². The average Bonchev–Trinajstić information content (AvgIpc) is 2.87. The van der Waals surface area contributed by atoms with E-state index >= 15 is 0 Å². The van der Waals surface area contributed by atoms with E-state index in [4.69, 9.17) is 22.3 Å². The quantitative estimate of drug-likeness (QED) is 0.410. The summed E-state index contributed by atoms with van der Waals surface area (Å²) in [6.45, 7) is 4.50. The van der Waals surface area contributed by atoms with E-state index in [1.165, 1.54) is 25.7 Å². The van der Waals surface area contributed by atoms with Crippen LogP contribution in [-0.2, 0) is 13.1 Å². The highest BCUT2D eigenvalue weighted by Gasteiger charge is 2.24. The molecule has 1 aliphatic carbocycles. The molecule has 4 rings (SSSR count). The molecule has 4 N–H and O–H groups in total. The van der Waals surface area contributed by atoms with Gasteiger partial charge >= 0.3 is 0 Å². The lowest BCUT2D eigenvalue weighted by atomic mass is 9.79. The highest BCUT2D eigenvalue weighted by molar-refractivity contribution is 6.33. The van der Waals surface area contributed by atoms with Gasteiger partial charge < -0.3 is 16.4 Å². The van der Waals surface area contributed by atoms with Crippen molar-refractivity contribution in [2.24, 2.45) is 17.6 Å². The zero-order valence-corrected chi connectivity index (χ0v) is 19.9. The molecule has 1 fully saturated rings. The second-order valence-electron chi connectivity index (χ2n) is 8.96. The minimum absolute atomic E-state index is 0.448. The summed E-state index contributed by atoms with van der Waals surface area (Å²) in [5.74, 6) is 2.21. The molecular weight excluding hydrogens is 432 g/mol. The van der Waals surface area contributed by atoms with E-state index in [-0.39, 0.29) is 0 Å². The molecule has 6 nitrogen and oxygen atoms in total. The summed E-state index contributed by atoms with van der Waals surface area (Å²) in [4.78, 5) is 13.4. The number of rotatable bonds is 9. The zero-order chi connectivity index (χ0) is 23.0. The number of pyridine rings is 3. The van der Waals surface area contributed by atoms with E-state index in [2.05, 4.69) is 27.5 Å². The summed E-state index contributed by atoms with van der Waals surface area (Å²) < 4.78 is 0. The van der Waals surface area contributed by atoms with Gasteiger partial charge in [0.2, 0.25) is 0 Å². The summed E-state index contributed by atoms with van der Waals surface area (Å²) in [7, 11) is 0. The number of aromatic nitrogens is 3. The van der Waals surface area contributed by atoms with Crippen molar-refractivity contribution in [3.63, 3.8) is 0 Å². The van der Waals surface area contributed by atoms with Crippen LogP contribution in [0, 0.1) is 11.8 Å². The molecule has 0 spiro atoms. The van der Waals surface area contributed by atoms with Gasteiger partial charge in [0, 0.05) is 43.3 Å². The Balaban J connectivity index is 1.39. The predicted octanol–water partition coefficient (Wildman–Crippen LogP) is 5.05. The van der Waals surface area contributed by atoms with Gasteiger partial charge in [-0.15, -0.1) is 0 Å². The number of hydrogen-bond acceptors (Lipinski definition) is 6. The first kappa shape index (κ1) is 23.6. The smallest absolute Gasteiger partial charge is 0.126 e. The Labute approximate surface area is 201 Å². The fraction of sp³-hybridized carbons (Fsp3) is 0.423. The first-order valence-corrected chi connectivity index (χ1v) is 12.2. The summed E-state index contributed by atoms with van der Waals surface area (Å²) in [5, 5.41) is 7.65. The summed E-state index contributed by atoms with van der Waals surface area (Å²) >= 11 is 6.51. The Morgan fingerprint density at radius 1 is 1.09 bits per heavy atom. The van der Waals surface area contributed by atoms with Crippen molar-refractivity contribution in [2.75, 3.05) is 11.9 Å². The van der Waals surface area contributed by atoms with E-state index in [0.717, 1.165) is 34.9 Å². The highest BCUT2D eigenvalue weighted by Crippen LogP contribution is 2.31. The van der Waals surface area contributed by atoms with Crippen LogP contribution < -0.4 is 16.4 Å². The molecule has 3 aromatic heterocycles. The lowest BCUT2D eigenvalue weighted by molar-refractivity contribution is 0.231. The molecule has 1 unspecified atom stereocenters. The van der Waals surface area contributed by atoms with Crippen molar-refractivity contribution in [2.45, 2.75) is 51.7 Å². The molecule has 1 aliphatic rings. The number of anilines is 1. The van der Waals surface area contributed by atoms with Gasteiger partial charge in [0.15, 0.2) is 0 Å². The standard InChI is InChI=1S/C26H33ClN6/c1-18(21-7-5-19(14-28)6-8-21)30-16-22-13-23(24(27)17-31-22)25-3-2-4-26(33-25)32-15-20-9-11-29-12-10-20/h2-4,9-13,17-19,21,30H,5-8,14-16,28H2,1H3,(H,32,33). The number of nitrogens with two attached hydrogens (primary N) is 1. The lowest BCUT2D eigenvalue weighted by Gasteiger charge is -2.32. The number of halogens is 1. The molecule has 0 aliphatic heterocycles. The van der Waals surface area contributed by atoms with Crippen LogP contribution in [0.25, 0.3) is 11.3 Å². The molecule has 0 saturated heterocycles. The van der Waals surface area contributed by atoms with Crippen LogP contribution in [-0.4, -0.2) is 27.5 Å². The van der Waals surface area contributed by atoms with E-state index in [1.807, 2.05) is 36.4 Å².